The van der Waals surface area contributed by atoms with Crippen LogP contribution < -0.4 is 0 Å². The number of nitrogens with zero attached hydrogens (tertiary/aromatic N) is 2. The standard InChI is InChI=1S/C13H10ClFN2O2/c1-6-11(13(18)19)7(2)17-12(16-6)8-3-4-10(15)9(14)5-8/h3-5H,1-2H3,(H,18,19). The van der Waals surface area contributed by atoms with Crippen molar-refractivity contribution in [2.75, 3.05) is 0 Å². The lowest BCUT2D eigenvalue weighted by atomic mass is 10.1. The highest BCUT2D eigenvalue weighted by Crippen LogP contribution is 2.24. The maximum absolute atomic E-state index is 13.1. The van der Waals surface area contributed by atoms with Gasteiger partial charge in [0.05, 0.1) is 16.4 Å². The smallest absolute Gasteiger partial charge is 0.339 e. The van der Waals surface area contributed by atoms with E-state index in [1.54, 1.807) is 13.8 Å². The molecule has 1 heterocycles. The highest BCUT2D eigenvalue weighted by molar-refractivity contribution is 6.31. The van der Waals surface area contributed by atoms with E-state index in [2.05, 4.69) is 9.97 Å². The second-order valence-corrected chi connectivity index (χ2v) is 4.43. The summed E-state index contributed by atoms with van der Waals surface area (Å²) in [7, 11) is 0. The predicted molar refractivity (Wildman–Crippen MR) is 68.9 cm³/mol. The van der Waals surface area contributed by atoms with Crippen LogP contribution in [0.1, 0.15) is 21.7 Å². The number of benzene rings is 1. The summed E-state index contributed by atoms with van der Waals surface area (Å²) >= 11 is 5.70. The van der Waals surface area contributed by atoms with Gasteiger partial charge in [-0.1, -0.05) is 11.6 Å². The van der Waals surface area contributed by atoms with Crippen LogP contribution >= 0.6 is 11.6 Å². The zero-order valence-corrected chi connectivity index (χ0v) is 11.0. The van der Waals surface area contributed by atoms with E-state index < -0.39 is 11.8 Å². The normalized spacial score (nSPS) is 10.5. The van der Waals surface area contributed by atoms with Crippen molar-refractivity contribution in [3.05, 3.63) is 46.0 Å². The Morgan fingerprint density at radius 1 is 1.26 bits per heavy atom. The van der Waals surface area contributed by atoms with Crippen LogP contribution in [0, 0.1) is 19.7 Å². The van der Waals surface area contributed by atoms with Crippen LogP contribution in [0.5, 0.6) is 0 Å². The van der Waals surface area contributed by atoms with Crippen molar-refractivity contribution in [2.24, 2.45) is 0 Å². The Labute approximate surface area is 113 Å². The lowest BCUT2D eigenvalue weighted by Gasteiger charge is -2.08. The maximum atomic E-state index is 13.1. The molecule has 6 heteroatoms. The minimum absolute atomic E-state index is 0.0290. The van der Waals surface area contributed by atoms with Crippen molar-refractivity contribution in [1.82, 2.24) is 9.97 Å². The number of aromatic nitrogens is 2. The third kappa shape index (κ3) is 2.56. The predicted octanol–water partition coefficient (Wildman–Crippen LogP) is 3.25. The third-order valence-electron chi connectivity index (χ3n) is 2.66. The van der Waals surface area contributed by atoms with Crippen LogP contribution in [0.2, 0.25) is 5.02 Å². The molecule has 0 spiro atoms. The van der Waals surface area contributed by atoms with E-state index >= 15 is 0 Å². The van der Waals surface area contributed by atoms with Gasteiger partial charge in [0, 0.05) is 5.56 Å². The van der Waals surface area contributed by atoms with Crippen molar-refractivity contribution < 1.29 is 14.3 Å². The molecule has 0 fully saturated rings. The summed E-state index contributed by atoms with van der Waals surface area (Å²) in [4.78, 5) is 19.3. The lowest BCUT2D eigenvalue weighted by Crippen LogP contribution is -2.08. The van der Waals surface area contributed by atoms with E-state index in [0.29, 0.717) is 22.8 Å². The molecule has 0 bridgehead atoms. The van der Waals surface area contributed by atoms with Gasteiger partial charge < -0.3 is 5.11 Å². The molecule has 0 radical (unpaired) electrons. The first-order valence-electron chi connectivity index (χ1n) is 5.44. The van der Waals surface area contributed by atoms with E-state index in [0.717, 1.165) is 0 Å². The van der Waals surface area contributed by atoms with Gasteiger partial charge in [-0.2, -0.15) is 0 Å². The molecule has 0 atom stereocenters. The molecule has 0 unspecified atom stereocenters. The average Bonchev–Trinajstić information content (AvgIpc) is 2.31. The molecule has 98 valence electrons. The molecule has 2 rings (SSSR count). The van der Waals surface area contributed by atoms with Crippen molar-refractivity contribution in [1.29, 1.82) is 0 Å². The summed E-state index contributed by atoms with van der Waals surface area (Å²) in [5.41, 5.74) is 1.33. The zero-order chi connectivity index (χ0) is 14.2. The Bertz CT molecular complexity index is 651. The number of carbonyl (C=O) groups is 1. The molecule has 0 aliphatic rings. The lowest BCUT2D eigenvalue weighted by molar-refractivity contribution is 0.0694. The van der Waals surface area contributed by atoms with Gasteiger partial charge >= 0.3 is 5.97 Å². The summed E-state index contributed by atoms with van der Waals surface area (Å²) in [6.45, 7) is 3.18. The Morgan fingerprint density at radius 3 is 2.32 bits per heavy atom. The molecule has 0 aliphatic heterocycles. The van der Waals surface area contributed by atoms with Crippen LogP contribution in [0.15, 0.2) is 18.2 Å². The van der Waals surface area contributed by atoms with Crippen molar-refractivity contribution >= 4 is 17.6 Å². The number of halogens is 2. The number of carboxylic acid groups (broad SMARTS) is 1. The van der Waals surface area contributed by atoms with Crippen LogP contribution in [-0.2, 0) is 0 Å². The van der Waals surface area contributed by atoms with Gasteiger partial charge in [0.2, 0.25) is 0 Å². The number of hydrogen-bond acceptors (Lipinski definition) is 3. The fourth-order valence-electron chi connectivity index (χ4n) is 1.79. The molecule has 0 aliphatic carbocycles. The zero-order valence-electron chi connectivity index (χ0n) is 10.2. The molecule has 2 aromatic rings. The number of aromatic carboxylic acids is 1. The molecular weight excluding hydrogens is 271 g/mol. The van der Waals surface area contributed by atoms with Gasteiger partial charge in [-0.05, 0) is 32.0 Å². The van der Waals surface area contributed by atoms with Crippen LogP contribution in [0.25, 0.3) is 11.4 Å². The first-order chi connectivity index (χ1) is 8.90. The Balaban J connectivity index is 2.58. The molecule has 19 heavy (non-hydrogen) atoms. The number of aryl methyl sites for hydroxylation is 2. The number of carboxylic acids is 1. The number of rotatable bonds is 2. The third-order valence-corrected chi connectivity index (χ3v) is 2.95. The van der Waals surface area contributed by atoms with E-state index in [1.165, 1.54) is 18.2 Å². The van der Waals surface area contributed by atoms with Gasteiger partial charge in [-0.25, -0.2) is 19.2 Å². The first-order valence-corrected chi connectivity index (χ1v) is 5.82. The van der Waals surface area contributed by atoms with E-state index in [4.69, 9.17) is 16.7 Å². The molecule has 0 saturated heterocycles. The Morgan fingerprint density at radius 2 is 1.84 bits per heavy atom. The molecular formula is C13H10ClFN2O2. The summed E-state index contributed by atoms with van der Waals surface area (Å²) < 4.78 is 13.1. The van der Waals surface area contributed by atoms with Crippen LogP contribution in [-0.4, -0.2) is 21.0 Å². The van der Waals surface area contributed by atoms with E-state index in [1.807, 2.05) is 0 Å². The summed E-state index contributed by atoms with van der Waals surface area (Å²) in [6, 6.07) is 4.12. The molecule has 1 aromatic carbocycles. The van der Waals surface area contributed by atoms with Gasteiger partial charge in [0.25, 0.3) is 0 Å². The largest absolute Gasteiger partial charge is 0.478 e. The van der Waals surface area contributed by atoms with Crippen molar-refractivity contribution in [2.45, 2.75) is 13.8 Å². The van der Waals surface area contributed by atoms with Crippen LogP contribution in [0.4, 0.5) is 4.39 Å². The highest BCUT2D eigenvalue weighted by Gasteiger charge is 2.16. The average molecular weight is 281 g/mol. The van der Waals surface area contributed by atoms with Crippen molar-refractivity contribution in [3.63, 3.8) is 0 Å². The number of hydrogen-bond donors (Lipinski definition) is 1. The summed E-state index contributed by atoms with van der Waals surface area (Å²) in [5, 5.41) is 9.01. The molecule has 0 saturated carbocycles. The topological polar surface area (TPSA) is 63.1 Å². The van der Waals surface area contributed by atoms with Crippen molar-refractivity contribution in [3.8, 4) is 11.4 Å². The second kappa shape index (κ2) is 4.93. The Kier molecular flexibility index (Phi) is 3.48. The minimum atomic E-state index is -1.07. The summed E-state index contributed by atoms with van der Waals surface area (Å²) in [5.74, 6) is -1.28. The Hall–Kier alpha value is -2.01. The quantitative estimate of drug-likeness (QED) is 0.917. The fourth-order valence-corrected chi connectivity index (χ4v) is 1.97. The van der Waals surface area contributed by atoms with Crippen LogP contribution in [0.3, 0.4) is 0 Å². The molecule has 0 amide bonds. The monoisotopic (exact) mass is 280 g/mol. The highest BCUT2D eigenvalue weighted by atomic mass is 35.5. The fraction of sp³-hybridized carbons (Fsp3) is 0.154. The van der Waals surface area contributed by atoms with E-state index in [-0.39, 0.29) is 10.6 Å². The maximum Gasteiger partial charge on any atom is 0.339 e. The molecule has 4 nitrogen and oxygen atoms in total. The minimum Gasteiger partial charge on any atom is -0.478 e. The van der Waals surface area contributed by atoms with Gasteiger partial charge in [0.15, 0.2) is 5.82 Å². The first kappa shape index (κ1) is 13.4. The summed E-state index contributed by atoms with van der Waals surface area (Å²) in [6.07, 6.45) is 0. The van der Waals surface area contributed by atoms with Gasteiger partial charge in [0.1, 0.15) is 11.4 Å². The van der Waals surface area contributed by atoms with Gasteiger partial charge in [-0.3, -0.25) is 0 Å². The second-order valence-electron chi connectivity index (χ2n) is 4.03. The SMILES string of the molecule is Cc1nc(-c2ccc(F)c(Cl)c2)nc(C)c1C(=O)O. The molecule has 1 N–H and O–H groups in total. The van der Waals surface area contributed by atoms with E-state index in [9.17, 15) is 9.18 Å². The molecule has 1 aromatic heterocycles. The van der Waals surface area contributed by atoms with Gasteiger partial charge in [-0.15, -0.1) is 0 Å².